The predicted octanol–water partition coefficient (Wildman–Crippen LogP) is 4.68. The van der Waals surface area contributed by atoms with Crippen molar-refractivity contribution in [2.45, 2.75) is 66.1 Å². The number of hydrogen-bond acceptors (Lipinski definition) is 6. The summed E-state index contributed by atoms with van der Waals surface area (Å²) in [4.78, 5) is 27.2. The van der Waals surface area contributed by atoms with Gasteiger partial charge in [0.25, 0.3) is 0 Å². The van der Waals surface area contributed by atoms with Gasteiger partial charge in [0.05, 0.1) is 32.5 Å². The molecule has 2 aromatic carbocycles. The summed E-state index contributed by atoms with van der Waals surface area (Å²) in [5, 5.41) is 9.13. The number of anilines is 1. The number of methoxy groups -OCH3 is 1. The fraction of sp³-hybridized carbons (Fsp3) is 0.464. The van der Waals surface area contributed by atoms with E-state index in [0.717, 1.165) is 22.5 Å². The first-order valence-electron chi connectivity index (χ1n) is 12.5. The molecule has 8 heteroatoms. The Hall–Kier alpha value is -3.39. The SMILES string of the molecule is CCOc1cc(C2=NN(Cc3ccc(NC(=O)CN(C(C)C)C(C)C)cc3)C(=O)CC2)ccc1OC. The molecule has 0 radical (unpaired) electrons. The van der Waals surface area contributed by atoms with E-state index >= 15 is 0 Å². The van der Waals surface area contributed by atoms with Crippen LogP contribution in [-0.4, -0.2) is 59.8 Å². The van der Waals surface area contributed by atoms with E-state index in [1.807, 2.05) is 49.4 Å². The highest BCUT2D eigenvalue weighted by molar-refractivity contribution is 6.04. The van der Waals surface area contributed by atoms with Crippen molar-refractivity contribution >= 4 is 23.2 Å². The van der Waals surface area contributed by atoms with Crippen molar-refractivity contribution in [2.75, 3.05) is 25.6 Å². The van der Waals surface area contributed by atoms with E-state index in [4.69, 9.17) is 9.47 Å². The predicted molar refractivity (Wildman–Crippen MR) is 143 cm³/mol. The van der Waals surface area contributed by atoms with E-state index in [1.165, 1.54) is 5.01 Å². The summed E-state index contributed by atoms with van der Waals surface area (Å²) in [6.07, 6.45) is 0.965. The molecule has 1 heterocycles. The number of carbonyl (C=O) groups is 2. The van der Waals surface area contributed by atoms with E-state index in [9.17, 15) is 9.59 Å². The summed E-state index contributed by atoms with van der Waals surface area (Å²) in [5.74, 6) is 1.26. The van der Waals surface area contributed by atoms with Crippen LogP contribution in [0.4, 0.5) is 5.69 Å². The van der Waals surface area contributed by atoms with Gasteiger partial charge < -0.3 is 14.8 Å². The average molecular weight is 495 g/mol. The van der Waals surface area contributed by atoms with Crippen LogP contribution >= 0.6 is 0 Å². The highest BCUT2D eigenvalue weighted by Gasteiger charge is 2.23. The van der Waals surface area contributed by atoms with Crippen LogP contribution in [-0.2, 0) is 16.1 Å². The van der Waals surface area contributed by atoms with Crippen LogP contribution in [0.15, 0.2) is 47.6 Å². The van der Waals surface area contributed by atoms with Crippen molar-refractivity contribution in [1.82, 2.24) is 9.91 Å². The van der Waals surface area contributed by atoms with Gasteiger partial charge in [0.1, 0.15) is 0 Å². The second-order valence-electron chi connectivity index (χ2n) is 9.40. The number of hydrazone groups is 1. The lowest BCUT2D eigenvalue weighted by Gasteiger charge is -2.29. The van der Waals surface area contributed by atoms with Gasteiger partial charge in [-0.2, -0.15) is 5.10 Å². The smallest absolute Gasteiger partial charge is 0.243 e. The summed E-state index contributed by atoms with van der Waals surface area (Å²) in [5.41, 5.74) is 3.41. The third-order valence-corrected chi connectivity index (χ3v) is 6.12. The average Bonchev–Trinajstić information content (AvgIpc) is 2.85. The molecule has 0 unspecified atom stereocenters. The van der Waals surface area contributed by atoms with Crippen LogP contribution in [0.1, 0.15) is 58.6 Å². The summed E-state index contributed by atoms with van der Waals surface area (Å²) in [6, 6.07) is 13.8. The first-order valence-corrected chi connectivity index (χ1v) is 12.5. The molecule has 1 aliphatic rings. The second kappa shape index (κ2) is 12.5. The number of carbonyl (C=O) groups excluding carboxylic acids is 2. The molecular formula is C28H38N4O4. The molecule has 1 N–H and O–H groups in total. The Morgan fingerprint density at radius 1 is 1.06 bits per heavy atom. The van der Waals surface area contributed by atoms with Crippen LogP contribution in [0.25, 0.3) is 0 Å². The third-order valence-electron chi connectivity index (χ3n) is 6.12. The molecule has 36 heavy (non-hydrogen) atoms. The van der Waals surface area contributed by atoms with Crippen LogP contribution in [0.3, 0.4) is 0 Å². The molecular weight excluding hydrogens is 456 g/mol. The Bertz CT molecular complexity index is 1070. The van der Waals surface area contributed by atoms with Crippen molar-refractivity contribution in [3.05, 3.63) is 53.6 Å². The van der Waals surface area contributed by atoms with Crippen LogP contribution in [0.2, 0.25) is 0 Å². The van der Waals surface area contributed by atoms with Crippen molar-refractivity contribution in [3.8, 4) is 11.5 Å². The number of benzene rings is 2. The molecule has 0 aromatic heterocycles. The van der Waals surface area contributed by atoms with Gasteiger partial charge in [-0.15, -0.1) is 0 Å². The molecule has 194 valence electrons. The van der Waals surface area contributed by atoms with Gasteiger partial charge in [0.15, 0.2) is 11.5 Å². The van der Waals surface area contributed by atoms with Gasteiger partial charge in [0, 0.05) is 36.2 Å². The normalized spacial score (nSPS) is 13.9. The van der Waals surface area contributed by atoms with Crippen molar-refractivity contribution < 1.29 is 19.1 Å². The lowest BCUT2D eigenvalue weighted by Crippen LogP contribution is -2.42. The molecule has 0 saturated carbocycles. The summed E-state index contributed by atoms with van der Waals surface area (Å²) >= 11 is 0. The minimum absolute atomic E-state index is 0.0165. The molecule has 3 rings (SSSR count). The fourth-order valence-corrected chi connectivity index (χ4v) is 4.25. The van der Waals surface area contributed by atoms with E-state index in [2.05, 4.69) is 43.0 Å². The maximum Gasteiger partial charge on any atom is 0.243 e. The second-order valence-corrected chi connectivity index (χ2v) is 9.40. The van der Waals surface area contributed by atoms with Gasteiger partial charge in [0.2, 0.25) is 11.8 Å². The van der Waals surface area contributed by atoms with Gasteiger partial charge >= 0.3 is 0 Å². The minimum atomic E-state index is -0.0449. The monoisotopic (exact) mass is 494 g/mol. The molecule has 1 aliphatic heterocycles. The largest absolute Gasteiger partial charge is 0.493 e. The Morgan fingerprint density at radius 3 is 2.36 bits per heavy atom. The molecule has 2 aromatic rings. The highest BCUT2D eigenvalue weighted by atomic mass is 16.5. The van der Waals surface area contributed by atoms with Gasteiger partial charge in [-0.3, -0.25) is 14.5 Å². The standard InChI is InChI=1S/C28H38N4O4/c1-7-36-26-16-22(10-14-25(26)35-6)24-13-15-28(34)32(30-24)17-21-8-11-23(12-9-21)29-27(33)18-31(19(2)3)20(4)5/h8-12,14,16,19-20H,7,13,15,17-18H2,1-6H3,(H,29,33). The van der Waals surface area contributed by atoms with E-state index in [1.54, 1.807) is 7.11 Å². The third kappa shape index (κ3) is 7.07. The molecule has 8 nitrogen and oxygen atoms in total. The number of ether oxygens (including phenoxy) is 2. The summed E-state index contributed by atoms with van der Waals surface area (Å²) in [7, 11) is 1.61. The molecule has 0 aliphatic carbocycles. The molecule has 0 bridgehead atoms. The van der Waals surface area contributed by atoms with Gasteiger partial charge in [-0.25, -0.2) is 5.01 Å². The molecule has 2 amide bonds. The summed E-state index contributed by atoms with van der Waals surface area (Å²) in [6.45, 7) is 11.5. The number of amides is 2. The highest BCUT2D eigenvalue weighted by Crippen LogP contribution is 2.30. The Balaban J connectivity index is 1.68. The zero-order valence-electron chi connectivity index (χ0n) is 22.2. The summed E-state index contributed by atoms with van der Waals surface area (Å²) < 4.78 is 11.1. The van der Waals surface area contributed by atoms with E-state index in [-0.39, 0.29) is 23.9 Å². The Morgan fingerprint density at radius 2 is 1.75 bits per heavy atom. The van der Waals surface area contributed by atoms with Crippen LogP contribution in [0, 0.1) is 0 Å². The van der Waals surface area contributed by atoms with E-state index < -0.39 is 0 Å². The van der Waals surface area contributed by atoms with Crippen molar-refractivity contribution in [3.63, 3.8) is 0 Å². The first-order chi connectivity index (χ1) is 17.2. The van der Waals surface area contributed by atoms with Crippen LogP contribution in [0.5, 0.6) is 11.5 Å². The maximum atomic E-state index is 12.6. The number of nitrogens with one attached hydrogen (secondary N) is 1. The number of hydrogen-bond donors (Lipinski definition) is 1. The molecule has 0 spiro atoms. The zero-order chi connectivity index (χ0) is 26.2. The quantitative estimate of drug-likeness (QED) is 0.491. The minimum Gasteiger partial charge on any atom is -0.493 e. The Kier molecular flexibility index (Phi) is 9.47. The topological polar surface area (TPSA) is 83.5 Å². The van der Waals surface area contributed by atoms with Gasteiger partial charge in [-0.1, -0.05) is 12.1 Å². The van der Waals surface area contributed by atoms with Crippen molar-refractivity contribution in [2.24, 2.45) is 5.10 Å². The number of nitrogens with zero attached hydrogens (tertiary/aromatic N) is 3. The fourth-order valence-electron chi connectivity index (χ4n) is 4.25. The van der Waals surface area contributed by atoms with Crippen LogP contribution < -0.4 is 14.8 Å². The van der Waals surface area contributed by atoms with E-state index in [0.29, 0.717) is 44.0 Å². The lowest BCUT2D eigenvalue weighted by atomic mass is 10.0. The molecule has 0 saturated heterocycles. The zero-order valence-corrected chi connectivity index (χ0v) is 22.2. The first kappa shape index (κ1) is 27.2. The molecule has 0 fully saturated rings. The Labute approximate surface area is 214 Å². The van der Waals surface area contributed by atoms with Crippen molar-refractivity contribution in [1.29, 1.82) is 0 Å². The lowest BCUT2D eigenvalue weighted by molar-refractivity contribution is -0.132. The van der Waals surface area contributed by atoms with Gasteiger partial charge in [-0.05, 0) is 70.5 Å². The maximum absolute atomic E-state index is 12.6. The number of rotatable bonds is 11. The molecule has 0 atom stereocenters.